The minimum absolute atomic E-state index is 0. The molecule has 0 aliphatic carbocycles. The maximum atomic E-state index is 2.42. The summed E-state index contributed by atoms with van der Waals surface area (Å²) in [4.78, 5) is 0. The summed E-state index contributed by atoms with van der Waals surface area (Å²) in [7, 11) is -0.505. The smallest absolute Gasteiger partial charge is 0.0594 e. The van der Waals surface area contributed by atoms with Gasteiger partial charge in [-0.3, -0.25) is 0 Å². The van der Waals surface area contributed by atoms with Crippen LogP contribution in [0.2, 0.25) is 0 Å². The van der Waals surface area contributed by atoms with Crippen molar-refractivity contribution in [2.45, 2.75) is 79.1 Å². The number of unbranched alkanes of at least 4 members (excludes halogenated alkanes) is 7. The van der Waals surface area contributed by atoms with Gasteiger partial charge in [0.05, 0.1) is 24.6 Å². The highest BCUT2D eigenvalue weighted by Gasteiger charge is 2.29. The van der Waals surface area contributed by atoms with Crippen LogP contribution in [-0.4, -0.2) is 24.6 Å². The van der Waals surface area contributed by atoms with E-state index in [1.165, 1.54) is 69.9 Å². The summed E-state index contributed by atoms with van der Waals surface area (Å²) in [5, 5.41) is 0. The second-order valence-corrected chi connectivity index (χ2v) is 10.5. The Morgan fingerprint density at radius 1 is 0.556 bits per heavy atom. The van der Waals surface area contributed by atoms with Gasteiger partial charge in [-0.25, -0.2) is 0 Å². The summed E-state index contributed by atoms with van der Waals surface area (Å²) in [6, 6.07) is 0. The third-order valence-corrected chi connectivity index (χ3v) is 9.79. The minimum Gasteiger partial charge on any atom is -1.00 e. The molecule has 2 heteroatoms. The lowest BCUT2D eigenvalue weighted by molar-refractivity contribution is -0.00000399. The Bertz CT molecular complexity index is 147. The number of hydrogen-bond acceptors (Lipinski definition) is 0. The maximum Gasteiger partial charge on any atom is 0.0594 e. The fourth-order valence-electron chi connectivity index (χ4n) is 2.73. The molecular weight excluding hydrogens is 350 g/mol. The van der Waals surface area contributed by atoms with Gasteiger partial charge >= 0.3 is 0 Å². The van der Waals surface area contributed by atoms with Crippen LogP contribution in [0.25, 0.3) is 0 Å². The van der Waals surface area contributed by atoms with Crippen LogP contribution in [0.3, 0.4) is 0 Å². The monoisotopic (exact) mass is 386 g/mol. The van der Waals surface area contributed by atoms with E-state index in [1.54, 1.807) is 6.16 Å². The second kappa shape index (κ2) is 14.6. The molecule has 0 unspecified atom stereocenters. The van der Waals surface area contributed by atoms with Gasteiger partial charge in [0.2, 0.25) is 0 Å². The lowest BCUT2D eigenvalue weighted by atomic mass is 10.1. The first-order valence-electron chi connectivity index (χ1n) is 8.09. The molecule has 0 atom stereocenters. The Balaban J connectivity index is 0. The molecule has 0 heterocycles. The predicted octanol–water partition coefficient (Wildman–Crippen LogP) is 3.21. The van der Waals surface area contributed by atoms with Gasteiger partial charge in [0, 0.05) is 7.26 Å². The first-order chi connectivity index (χ1) is 8.24. The van der Waals surface area contributed by atoms with E-state index in [0.717, 1.165) is 0 Å². The van der Waals surface area contributed by atoms with Crippen molar-refractivity contribution in [2.75, 3.05) is 24.6 Å². The third kappa shape index (κ3) is 10.0. The van der Waals surface area contributed by atoms with Gasteiger partial charge in [0.1, 0.15) is 0 Å². The zero-order valence-corrected chi connectivity index (χ0v) is 16.4. The van der Waals surface area contributed by atoms with Crippen molar-refractivity contribution in [3.63, 3.8) is 0 Å². The van der Waals surface area contributed by atoms with Gasteiger partial charge in [-0.1, -0.05) is 45.4 Å². The predicted molar refractivity (Wildman–Crippen MR) is 86.0 cm³/mol. The number of halogens is 1. The van der Waals surface area contributed by atoms with E-state index < -0.39 is 7.26 Å². The molecule has 0 aromatic carbocycles. The topological polar surface area (TPSA) is 0 Å². The Morgan fingerprint density at radius 3 is 1.33 bits per heavy atom. The fraction of sp³-hybridized carbons (Fsp3) is 1.00. The van der Waals surface area contributed by atoms with Crippen LogP contribution >= 0.6 is 7.26 Å². The summed E-state index contributed by atoms with van der Waals surface area (Å²) >= 11 is 0. The molecule has 0 nitrogen and oxygen atoms in total. The Labute approximate surface area is 134 Å². The Kier molecular flexibility index (Phi) is 17.4. The lowest BCUT2D eigenvalue weighted by Gasteiger charge is -2.23. The lowest BCUT2D eigenvalue weighted by Crippen LogP contribution is -3.00. The molecule has 0 amide bonds. The van der Waals surface area contributed by atoms with Crippen molar-refractivity contribution < 1.29 is 24.0 Å². The van der Waals surface area contributed by atoms with Crippen molar-refractivity contribution in [3.8, 4) is 0 Å². The zero-order valence-electron chi connectivity index (χ0n) is 13.3. The summed E-state index contributed by atoms with van der Waals surface area (Å²) in [5.74, 6) is 0. The molecule has 18 heavy (non-hydrogen) atoms. The van der Waals surface area contributed by atoms with Crippen LogP contribution in [0.5, 0.6) is 0 Å². The van der Waals surface area contributed by atoms with Crippen LogP contribution in [0, 0.1) is 0 Å². The highest BCUT2D eigenvalue weighted by atomic mass is 127. The Hall–Kier alpha value is 1.16. The highest BCUT2D eigenvalue weighted by molar-refractivity contribution is 7.75. The van der Waals surface area contributed by atoms with Crippen molar-refractivity contribution in [3.05, 3.63) is 0 Å². The van der Waals surface area contributed by atoms with E-state index in [2.05, 4.69) is 27.7 Å². The van der Waals surface area contributed by atoms with E-state index in [1.807, 2.05) is 0 Å². The summed E-state index contributed by atoms with van der Waals surface area (Å²) in [6.07, 6.45) is 17.7. The molecule has 0 spiro atoms. The molecule has 0 saturated carbocycles. The van der Waals surface area contributed by atoms with E-state index >= 15 is 0 Å². The molecule has 0 saturated heterocycles. The van der Waals surface area contributed by atoms with Crippen LogP contribution < -0.4 is 24.0 Å². The summed E-state index contributed by atoms with van der Waals surface area (Å²) in [6.45, 7) is 9.56. The van der Waals surface area contributed by atoms with Crippen molar-refractivity contribution >= 4 is 7.26 Å². The molecule has 112 valence electrons. The van der Waals surface area contributed by atoms with Crippen LogP contribution in [0.15, 0.2) is 0 Å². The molecular formula is C16H36IP. The van der Waals surface area contributed by atoms with Gasteiger partial charge in [-0.15, -0.1) is 0 Å². The first kappa shape index (κ1) is 21.5. The minimum atomic E-state index is -0.505. The van der Waals surface area contributed by atoms with Crippen LogP contribution in [0.4, 0.5) is 0 Å². The van der Waals surface area contributed by atoms with E-state index in [-0.39, 0.29) is 24.0 Å². The first-order valence-corrected chi connectivity index (χ1v) is 10.6. The molecule has 0 rings (SSSR count). The van der Waals surface area contributed by atoms with Crippen molar-refractivity contribution in [1.29, 1.82) is 0 Å². The molecule has 0 aromatic heterocycles. The van der Waals surface area contributed by atoms with E-state index in [0.29, 0.717) is 0 Å². The standard InChI is InChI=1S/C16H36P.HI/c1-5-9-10-11-12-13-14-15-16-17(6-2,7-3)8-4;/h5-16H2,1-4H3;1H/q+1;/p-1. The van der Waals surface area contributed by atoms with Gasteiger partial charge in [-0.2, -0.15) is 0 Å². The quantitative estimate of drug-likeness (QED) is 0.275. The van der Waals surface area contributed by atoms with Crippen molar-refractivity contribution in [2.24, 2.45) is 0 Å². The largest absolute Gasteiger partial charge is 1.00 e. The molecule has 0 aliphatic rings. The van der Waals surface area contributed by atoms with E-state index in [4.69, 9.17) is 0 Å². The molecule has 0 aliphatic heterocycles. The molecule has 0 N–H and O–H groups in total. The summed E-state index contributed by atoms with van der Waals surface area (Å²) in [5.41, 5.74) is 0. The average Bonchev–Trinajstić information content (AvgIpc) is 2.38. The zero-order chi connectivity index (χ0) is 13.0. The summed E-state index contributed by atoms with van der Waals surface area (Å²) < 4.78 is 0. The number of hydrogen-bond donors (Lipinski definition) is 0. The normalized spacial score (nSPS) is 11.3. The van der Waals surface area contributed by atoms with Gasteiger partial charge in [0.25, 0.3) is 0 Å². The third-order valence-electron chi connectivity index (χ3n) is 4.50. The molecule has 0 radical (unpaired) electrons. The number of rotatable bonds is 12. The van der Waals surface area contributed by atoms with Crippen molar-refractivity contribution in [1.82, 2.24) is 0 Å². The van der Waals surface area contributed by atoms with E-state index in [9.17, 15) is 0 Å². The second-order valence-electron chi connectivity index (χ2n) is 5.49. The van der Waals surface area contributed by atoms with Gasteiger partial charge in [0.15, 0.2) is 0 Å². The maximum absolute atomic E-state index is 2.42. The van der Waals surface area contributed by atoms with Crippen LogP contribution in [0.1, 0.15) is 79.1 Å². The molecule has 0 fully saturated rings. The van der Waals surface area contributed by atoms with Gasteiger partial charge < -0.3 is 24.0 Å². The Morgan fingerprint density at radius 2 is 0.944 bits per heavy atom. The highest BCUT2D eigenvalue weighted by Crippen LogP contribution is 2.58. The SMILES string of the molecule is CCCCCCCCCC[P+](CC)(CC)CC.[I-]. The molecule has 0 bridgehead atoms. The fourth-order valence-corrected chi connectivity index (χ4v) is 5.91. The average molecular weight is 386 g/mol. The van der Waals surface area contributed by atoms with Gasteiger partial charge in [-0.05, 0) is 33.6 Å². The molecule has 0 aromatic rings. The van der Waals surface area contributed by atoms with Crippen LogP contribution in [-0.2, 0) is 0 Å².